The second kappa shape index (κ2) is 4.36. The summed E-state index contributed by atoms with van der Waals surface area (Å²) in [6, 6.07) is 3.36. The fourth-order valence-corrected chi connectivity index (χ4v) is 2.64. The Hall–Kier alpha value is -1.85. The van der Waals surface area contributed by atoms with Crippen molar-refractivity contribution in [3.63, 3.8) is 0 Å². The number of fused-ring (bicyclic) bond motifs is 1. The van der Waals surface area contributed by atoms with Gasteiger partial charge < -0.3 is 15.2 Å². The number of aryl methyl sites for hydroxylation is 1. The van der Waals surface area contributed by atoms with Gasteiger partial charge >= 0.3 is 0 Å². The van der Waals surface area contributed by atoms with Crippen LogP contribution in [0.3, 0.4) is 0 Å². The van der Waals surface area contributed by atoms with Crippen LogP contribution in [-0.2, 0) is 4.79 Å². The van der Waals surface area contributed by atoms with Crippen LogP contribution in [0, 0.1) is 6.92 Å². The van der Waals surface area contributed by atoms with Crippen LogP contribution in [0.15, 0.2) is 24.5 Å². The van der Waals surface area contributed by atoms with E-state index in [-0.39, 0.29) is 11.9 Å². The van der Waals surface area contributed by atoms with Crippen molar-refractivity contribution < 1.29 is 4.79 Å². The first-order valence-electron chi connectivity index (χ1n) is 5.93. The monoisotopic (exact) mass is 276 g/mol. The lowest BCUT2D eigenvalue weighted by atomic mass is 10.1. The predicted molar refractivity (Wildman–Crippen MR) is 73.7 cm³/mol. The molecule has 19 heavy (non-hydrogen) atoms. The summed E-state index contributed by atoms with van der Waals surface area (Å²) in [4.78, 5) is 16.0. The topological polar surface area (TPSA) is 59.0 Å². The molecule has 0 saturated heterocycles. The number of benzene rings is 1. The smallest absolute Gasteiger partial charge is 0.246 e. The number of imidazole rings is 1. The van der Waals surface area contributed by atoms with Crippen LogP contribution in [0.1, 0.15) is 17.4 Å². The van der Waals surface area contributed by atoms with Gasteiger partial charge in [-0.3, -0.25) is 4.79 Å². The Morgan fingerprint density at radius 3 is 2.89 bits per heavy atom. The first-order chi connectivity index (χ1) is 9.11. The zero-order valence-electron chi connectivity index (χ0n) is 10.6. The molecule has 2 heterocycles. The Bertz CT molecular complexity index is 665. The average Bonchev–Trinajstić information content (AvgIpc) is 2.91. The van der Waals surface area contributed by atoms with Gasteiger partial charge in [-0.25, -0.2) is 4.98 Å². The highest BCUT2D eigenvalue weighted by Crippen LogP contribution is 2.36. The standard InChI is InChI=1S/C13H13ClN4O/c1-7-16-3-4-18(7)11-6-10-8(5-9(11)14)12(15-2)13(19)17-10/h3-6,12,15H,1-2H3,(H,17,19). The third kappa shape index (κ3) is 1.82. The van der Waals surface area contributed by atoms with E-state index in [2.05, 4.69) is 15.6 Å². The molecule has 0 saturated carbocycles. The number of nitrogens with zero attached hydrogens (tertiary/aromatic N) is 2. The van der Waals surface area contributed by atoms with E-state index in [1.54, 1.807) is 13.2 Å². The van der Waals surface area contributed by atoms with Crippen LogP contribution in [0.25, 0.3) is 5.69 Å². The van der Waals surface area contributed by atoms with Crippen LogP contribution in [0.5, 0.6) is 0 Å². The summed E-state index contributed by atoms with van der Waals surface area (Å²) >= 11 is 6.33. The molecule has 2 aromatic rings. The van der Waals surface area contributed by atoms with E-state index in [1.165, 1.54) is 0 Å². The zero-order chi connectivity index (χ0) is 13.6. The number of amides is 1. The van der Waals surface area contributed by atoms with E-state index in [1.807, 2.05) is 29.8 Å². The molecule has 3 rings (SSSR count). The van der Waals surface area contributed by atoms with E-state index < -0.39 is 0 Å². The normalized spacial score (nSPS) is 17.4. The average molecular weight is 277 g/mol. The molecule has 1 aliphatic rings. The molecule has 2 N–H and O–H groups in total. The fraction of sp³-hybridized carbons (Fsp3) is 0.231. The summed E-state index contributed by atoms with van der Waals surface area (Å²) in [7, 11) is 1.75. The number of hydrogen-bond acceptors (Lipinski definition) is 3. The van der Waals surface area contributed by atoms with E-state index in [0.717, 1.165) is 22.8 Å². The molecule has 0 bridgehead atoms. The van der Waals surface area contributed by atoms with E-state index >= 15 is 0 Å². The van der Waals surface area contributed by atoms with Gasteiger partial charge in [-0.2, -0.15) is 0 Å². The lowest BCUT2D eigenvalue weighted by Gasteiger charge is -2.11. The van der Waals surface area contributed by atoms with E-state index in [9.17, 15) is 4.79 Å². The molecule has 1 aromatic carbocycles. The summed E-state index contributed by atoms with van der Waals surface area (Å²) in [5.41, 5.74) is 2.48. The van der Waals surface area contributed by atoms with Crippen LogP contribution in [-0.4, -0.2) is 22.5 Å². The quantitative estimate of drug-likeness (QED) is 0.883. The molecular formula is C13H13ClN4O. The van der Waals surface area contributed by atoms with Gasteiger partial charge in [-0.05, 0) is 26.1 Å². The SMILES string of the molecule is CNC1C(=O)Nc2cc(-n3ccnc3C)c(Cl)cc21. The number of carbonyl (C=O) groups is 1. The largest absolute Gasteiger partial charge is 0.324 e. The second-order valence-electron chi connectivity index (χ2n) is 4.45. The molecular weight excluding hydrogens is 264 g/mol. The summed E-state index contributed by atoms with van der Waals surface area (Å²) in [5.74, 6) is 0.782. The third-order valence-electron chi connectivity index (χ3n) is 3.32. The lowest BCUT2D eigenvalue weighted by Crippen LogP contribution is -2.23. The Morgan fingerprint density at radius 1 is 1.47 bits per heavy atom. The number of halogens is 1. The van der Waals surface area contributed by atoms with Crippen molar-refractivity contribution in [3.05, 3.63) is 40.9 Å². The maximum Gasteiger partial charge on any atom is 0.246 e. The van der Waals surface area contributed by atoms with Crippen molar-refractivity contribution in [2.45, 2.75) is 13.0 Å². The van der Waals surface area contributed by atoms with E-state index in [0.29, 0.717) is 5.02 Å². The highest BCUT2D eigenvalue weighted by atomic mass is 35.5. The molecule has 0 spiro atoms. The van der Waals surface area contributed by atoms with Crippen molar-refractivity contribution >= 4 is 23.2 Å². The first kappa shape index (κ1) is 12.2. The van der Waals surface area contributed by atoms with Gasteiger partial charge in [-0.1, -0.05) is 11.6 Å². The number of rotatable bonds is 2. The number of nitrogens with one attached hydrogen (secondary N) is 2. The van der Waals surface area contributed by atoms with Crippen molar-refractivity contribution in [3.8, 4) is 5.69 Å². The van der Waals surface area contributed by atoms with Gasteiger partial charge in [0.1, 0.15) is 11.9 Å². The second-order valence-corrected chi connectivity index (χ2v) is 4.85. The highest BCUT2D eigenvalue weighted by molar-refractivity contribution is 6.32. The van der Waals surface area contributed by atoms with Crippen LogP contribution >= 0.6 is 11.6 Å². The maximum absolute atomic E-state index is 11.8. The molecule has 98 valence electrons. The molecule has 1 amide bonds. The molecule has 0 aliphatic carbocycles. The fourth-order valence-electron chi connectivity index (χ4n) is 2.37. The van der Waals surface area contributed by atoms with Gasteiger partial charge in [0.2, 0.25) is 5.91 Å². The number of hydrogen-bond donors (Lipinski definition) is 2. The number of aromatic nitrogens is 2. The number of carbonyl (C=O) groups excluding carboxylic acids is 1. The Labute approximate surface area is 115 Å². The highest BCUT2D eigenvalue weighted by Gasteiger charge is 2.30. The zero-order valence-corrected chi connectivity index (χ0v) is 11.3. The summed E-state index contributed by atoms with van der Waals surface area (Å²) in [6.45, 7) is 1.90. The molecule has 6 heteroatoms. The first-order valence-corrected chi connectivity index (χ1v) is 6.31. The number of likely N-dealkylation sites (N-methyl/N-ethyl adjacent to an activating group) is 1. The third-order valence-corrected chi connectivity index (χ3v) is 3.63. The summed E-state index contributed by atoms with van der Waals surface area (Å²) in [5, 5.41) is 6.42. The molecule has 1 atom stereocenters. The minimum absolute atomic E-state index is 0.0620. The van der Waals surface area contributed by atoms with Crippen LogP contribution in [0.4, 0.5) is 5.69 Å². The van der Waals surface area contributed by atoms with Gasteiger partial charge in [0.15, 0.2) is 0 Å². The summed E-state index contributed by atoms with van der Waals surface area (Å²) < 4.78 is 1.89. The van der Waals surface area contributed by atoms with Crippen molar-refractivity contribution in [2.24, 2.45) is 0 Å². The van der Waals surface area contributed by atoms with Gasteiger partial charge in [-0.15, -0.1) is 0 Å². The van der Waals surface area contributed by atoms with Crippen molar-refractivity contribution in [1.29, 1.82) is 0 Å². The van der Waals surface area contributed by atoms with Crippen LogP contribution < -0.4 is 10.6 Å². The minimum atomic E-state index is -0.342. The molecule has 0 fully saturated rings. The Kier molecular flexibility index (Phi) is 2.80. The lowest BCUT2D eigenvalue weighted by molar-refractivity contribution is -0.117. The minimum Gasteiger partial charge on any atom is -0.324 e. The maximum atomic E-state index is 11.8. The van der Waals surface area contributed by atoms with E-state index in [4.69, 9.17) is 11.6 Å². The van der Waals surface area contributed by atoms with Gasteiger partial charge in [0.25, 0.3) is 0 Å². The molecule has 5 nitrogen and oxygen atoms in total. The van der Waals surface area contributed by atoms with Crippen molar-refractivity contribution in [1.82, 2.24) is 14.9 Å². The number of anilines is 1. The Morgan fingerprint density at radius 2 is 2.26 bits per heavy atom. The van der Waals surface area contributed by atoms with Gasteiger partial charge in [0, 0.05) is 23.6 Å². The Balaban J connectivity index is 2.15. The van der Waals surface area contributed by atoms with Gasteiger partial charge in [0.05, 0.1) is 10.7 Å². The molecule has 1 aromatic heterocycles. The van der Waals surface area contributed by atoms with Crippen molar-refractivity contribution in [2.75, 3.05) is 12.4 Å². The molecule has 0 radical (unpaired) electrons. The predicted octanol–water partition coefficient (Wildman–Crippen LogP) is 2.05. The van der Waals surface area contributed by atoms with Crippen LogP contribution in [0.2, 0.25) is 5.02 Å². The molecule has 1 unspecified atom stereocenters. The molecule has 1 aliphatic heterocycles. The summed E-state index contributed by atoms with van der Waals surface area (Å²) in [6.07, 6.45) is 3.56.